The van der Waals surface area contributed by atoms with Gasteiger partial charge >= 0.3 is 0 Å². The van der Waals surface area contributed by atoms with Crippen molar-refractivity contribution in [3.05, 3.63) is 0 Å². The van der Waals surface area contributed by atoms with Gasteiger partial charge in [-0.05, 0) is 88.0 Å². The Morgan fingerprint density at radius 1 is 1.14 bits per heavy atom. The summed E-state index contributed by atoms with van der Waals surface area (Å²) in [7, 11) is 2.05. The predicted molar refractivity (Wildman–Crippen MR) is 83.9 cm³/mol. The van der Waals surface area contributed by atoms with Crippen LogP contribution in [0.2, 0.25) is 0 Å². The number of hydrogen-bond acceptors (Lipinski definition) is 2. The molecule has 1 heterocycles. The summed E-state index contributed by atoms with van der Waals surface area (Å²) in [6.45, 7) is 4.10. The van der Waals surface area contributed by atoms with E-state index in [2.05, 4.69) is 17.1 Å². The molecule has 1 amide bonds. The highest BCUT2D eigenvalue weighted by Gasteiger charge is 2.52. The van der Waals surface area contributed by atoms with Gasteiger partial charge in [0.25, 0.3) is 0 Å². The van der Waals surface area contributed by atoms with Crippen LogP contribution >= 0.6 is 0 Å². The minimum atomic E-state index is -0.295. The third-order valence-electron chi connectivity index (χ3n) is 6.93. The quantitative estimate of drug-likeness (QED) is 0.867. The normalized spacial score (nSPS) is 47.8. The van der Waals surface area contributed by atoms with Crippen molar-refractivity contribution in [1.82, 2.24) is 10.2 Å². The first-order valence-electron chi connectivity index (χ1n) is 8.99. The van der Waals surface area contributed by atoms with Gasteiger partial charge in [-0.2, -0.15) is 0 Å². The molecule has 0 aromatic rings. The van der Waals surface area contributed by atoms with Crippen molar-refractivity contribution in [2.75, 3.05) is 20.1 Å². The van der Waals surface area contributed by atoms with Gasteiger partial charge in [-0.3, -0.25) is 4.79 Å². The van der Waals surface area contributed by atoms with Gasteiger partial charge < -0.3 is 10.2 Å². The number of rotatable bonds is 3. The Hall–Kier alpha value is -0.570. The first-order valence-corrected chi connectivity index (χ1v) is 8.99. The maximum atomic E-state index is 12.9. The van der Waals surface area contributed by atoms with Crippen LogP contribution < -0.4 is 5.32 Å². The zero-order chi connectivity index (χ0) is 14.7. The van der Waals surface area contributed by atoms with Crippen LogP contribution in [0.3, 0.4) is 0 Å². The third kappa shape index (κ3) is 2.32. The average Bonchev–Trinajstić information content (AvgIpc) is 2.83. The molecule has 4 aliphatic carbocycles. The Morgan fingerprint density at radius 3 is 2.19 bits per heavy atom. The molecule has 3 heteroatoms. The first-order chi connectivity index (χ1) is 9.98. The van der Waals surface area contributed by atoms with Crippen molar-refractivity contribution < 1.29 is 4.79 Å². The van der Waals surface area contributed by atoms with Crippen molar-refractivity contribution in [3.8, 4) is 0 Å². The fourth-order valence-corrected chi connectivity index (χ4v) is 6.56. The molecule has 118 valence electrons. The van der Waals surface area contributed by atoms with E-state index in [-0.39, 0.29) is 5.54 Å². The maximum absolute atomic E-state index is 12.9. The Balaban J connectivity index is 1.47. The molecule has 4 bridgehead atoms. The van der Waals surface area contributed by atoms with E-state index in [0.717, 1.165) is 43.7 Å². The van der Waals surface area contributed by atoms with Gasteiger partial charge in [0.05, 0.1) is 5.54 Å². The molecule has 1 saturated heterocycles. The number of amides is 1. The van der Waals surface area contributed by atoms with E-state index in [1.54, 1.807) is 0 Å². The second-order valence-electron chi connectivity index (χ2n) is 8.94. The molecule has 1 atom stereocenters. The summed E-state index contributed by atoms with van der Waals surface area (Å²) in [5.74, 6) is 3.25. The molecule has 1 unspecified atom stereocenters. The van der Waals surface area contributed by atoms with Gasteiger partial charge in [0.2, 0.25) is 5.91 Å². The topological polar surface area (TPSA) is 32.3 Å². The molecule has 0 aromatic heterocycles. The molecular formula is C18H30N2O. The monoisotopic (exact) mass is 290 g/mol. The lowest BCUT2D eigenvalue weighted by Crippen LogP contribution is -2.56. The SMILES string of the molecule is CN(CC12CC3CC(CC(C3)C1)C2)C(=O)C1(C)CCCN1. The Labute approximate surface area is 128 Å². The molecule has 1 aliphatic heterocycles. The van der Waals surface area contributed by atoms with Gasteiger partial charge in [0, 0.05) is 13.6 Å². The van der Waals surface area contributed by atoms with Crippen LogP contribution in [0.15, 0.2) is 0 Å². The summed E-state index contributed by atoms with van der Waals surface area (Å²) in [6.07, 6.45) is 10.7. The zero-order valence-corrected chi connectivity index (χ0v) is 13.7. The first kappa shape index (κ1) is 14.0. The number of hydrogen-bond donors (Lipinski definition) is 1. The number of carbonyl (C=O) groups is 1. The van der Waals surface area contributed by atoms with Crippen LogP contribution in [0.5, 0.6) is 0 Å². The summed E-state index contributed by atoms with van der Waals surface area (Å²) < 4.78 is 0. The van der Waals surface area contributed by atoms with E-state index in [0.29, 0.717) is 11.3 Å². The number of likely N-dealkylation sites (N-methyl/N-ethyl adjacent to an activating group) is 1. The van der Waals surface area contributed by atoms with Gasteiger partial charge in [0.1, 0.15) is 0 Å². The van der Waals surface area contributed by atoms with Gasteiger partial charge in [0.15, 0.2) is 0 Å². The molecule has 0 aromatic carbocycles. The Kier molecular flexibility index (Phi) is 3.15. The van der Waals surface area contributed by atoms with Crippen LogP contribution in [0, 0.1) is 23.2 Å². The number of carbonyl (C=O) groups excluding carboxylic acids is 1. The van der Waals surface area contributed by atoms with Crippen molar-refractivity contribution in [1.29, 1.82) is 0 Å². The van der Waals surface area contributed by atoms with E-state index < -0.39 is 0 Å². The smallest absolute Gasteiger partial charge is 0.242 e. The molecule has 5 rings (SSSR count). The summed E-state index contributed by atoms with van der Waals surface area (Å²) in [4.78, 5) is 14.9. The van der Waals surface area contributed by atoms with E-state index in [1.807, 2.05) is 7.05 Å². The number of nitrogens with one attached hydrogen (secondary N) is 1. The Morgan fingerprint density at radius 2 is 1.71 bits per heavy atom. The molecule has 1 N–H and O–H groups in total. The fourth-order valence-electron chi connectivity index (χ4n) is 6.56. The highest BCUT2D eigenvalue weighted by Crippen LogP contribution is 2.60. The molecule has 3 nitrogen and oxygen atoms in total. The molecule has 0 spiro atoms. The summed E-state index contributed by atoms with van der Waals surface area (Å²) in [5, 5.41) is 3.43. The van der Waals surface area contributed by atoms with E-state index in [1.165, 1.54) is 38.5 Å². The minimum absolute atomic E-state index is 0.295. The number of nitrogens with zero attached hydrogens (tertiary/aromatic N) is 1. The second kappa shape index (κ2) is 4.71. The minimum Gasteiger partial charge on any atom is -0.344 e. The van der Waals surface area contributed by atoms with Crippen molar-refractivity contribution in [2.24, 2.45) is 23.2 Å². The summed E-state index contributed by atoms with van der Waals surface area (Å²) in [5.41, 5.74) is 0.172. The molecule has 21 heavy (non-hydrogen) atoms. The molecule has 0 radical (unpaired) electrons. The largest absolute Gasteiger partial charge is 0.344 e. The van der Waals surface area contributed by atoms with E-state index in [4.69, 9.17) is 0 Å². The fraction of sp³-hybridized carbons (Fsp3) is 0.944. The van der Waals surface area contributed by atoms with Crippen LogP contribution in [0.4, 0.5) is 0 Å². The van der Waals surface area contributed by atoms with E-state index in [9.17, 15) is 4.79 Å². The lowest BCUT2D eigenvalue weighted by Gasteiger charge is -2.57. The predicted octanol–water partition coefficient (Wildman–Crippen LogP) is 2.80. The van der Waals surface area contributed by atoms with Crippen LogP contribution in [0.1, 0.15) is 58.3 Å². The lowest BCUT2D eigenvalue weighted by molar-refractivity contribution is -0.141. The Bertz CT molecular complexity index is 403. The third-order valence-corrected chi connectivity index (χ3v) is 6.93. The van der Waals surface area contributed by atoms with Crippen LogP contribution in [-0.2, 0) is 4.79 Å². The van der Waals surface area contributed by atoms with Gasteiger partial charge in [-0.15, -0.1) is 0 Å². The van der Waals surface area contributed by atoms with Gasteiger partial charge in [-0.25, -0.2) is 0 Å². The zero-order valence-electron chi connectivity index (χ0n) is 13.7. The molecule has 4 saturated carbocycles. The van der Waals surface area contributed by atoms with Gasteiger partial charge in [-0.1, -0.05) is 0 Å². The standard InChI is InChI=1S/C18H30N2O/c1-17(4-3-5-19-17)16(21)20(2)12-18-9-13-6-14(10-18)8-15(7-13)11-18/h13-15,19H,3-12H2,1-2H3. The average molecular weight is 290 g/mol. The van der Waals surface area contributed by atoms with Crippen molar-refractivity contribution in [2.45, 2.75) is 63.8 Å². The van der Waals surface area contributed by atoms with Crippen molar-refractivity contribution in [3.63, 3.8) is 0 Å². The highest BCUT2D eigenvalue weighted by molar-refractivity contribution is 5.86. The second-order valence-corrected chi connectivity index (χ2v) is 8.94. The highest BCUT2D eigenvalue weighted by atomic mass is 16.2. The summed E-state index contributed by atoms with van der Waals surface area (Å²) >= 11 is 0. The molecule has 5 fully saturated rings. The van der Waals surface area contributed by atoms with Crippen LogP contribution in [0.25, 0.3) is 0 Å². The molecular weight excluding hydrogens is 260 g/mol. The van der Waals surface area contributed by atoms with E-state index >= 15 is 0 Å². The molecule has 5 aliphatic rings. The summed E-state index contributed by atoms with van der Waals surface area (Å²) in [6, 6.07) is 0. The van der Waals surface area contributed by atoms with Crippen molar-refractivity contribution >= 4 is 5.91 Å². The van der Waals surface area contributed by atoms with Crippen LogP contribution in [-0.4, -0.2) is 36.5 Å². The maximum Gasteiger partial charge on any atom is 0.242 e. The lowest BCUT2D eigenvalue weighted by atomic mass is 9.49.